The molecule has 1 aliphatic heterocycles. The summed E-state index contributed by atoms with van der Waals surface area (Å²) in [5.74, 6) is 0.465. The molecule has 2 aliphatic rings. The lowest BCUT2D eigenvalue weighted by Crippen LogP contribution is -2.34. The number of nitrogens with zero attached hydrogens (tertiary/aromatic N) is 1. The third-order valence-electron chi connectivity index (χ3n) is 4.52. The molecule has 4 unspecified atom stereocenters. The maximum atomic E-state index is 10.7. The van der Waals surface area contributed by atoms with Crippen LogP contribution in [0.3, 0.4) is 0 Å². The van der Waals surface area contributed by atoms with Gasteiger partial charge >= 0.3 is 0 Å². The first-order valence-corrected chi connectivity index (χ1v) is 7.01. The van der Waals surface area contributed by atoms with Gasteiger partial charge in [-0.25, -0.2) is 0 Å². The molecule has 3 heteroatoms. The lowest BCUT2D eigenvalue weighted by molar-refractivity contribution is 0.0251. The molecule has 0 bridgehead atoms. The minimum absolute atomic E-state index is 0.175. The third kappa shape index (κ3) is 2.06. The number of hydrogen-bond acceptors (Lipinski definition) is 3. The summed E-state index contributed by atoms with van der Waals surface area (Å²) in [6.07, 6.45) is 5.99. The molecule has 4 atom stereocenters. The van der Waals surface area contributed by atoms with Gasteiger partial charge in [0.05, 0.1) is 12.2 Å². The summed E-state index contributed by atoms with van der Waals surface area (Å²) in [7, 11) is 0. The summed E-state index contributed by atoms with van der Waals surface area (Å²) in [4.78, 5) is 4.52. The van der Waals surface area contributed by atoms with Crippen LogP contribution in [0.5, 0.6) is 0 Å². The Balaban J connectivity index is 1.84. The van der Waals surface area contributed by atoms with Crippen molar-refractivity contribution in [3.63, 3.8) is 0 Å². The van der Waals surface area contributed by atoms with Crippen LogP contribution in [-0.4, -0.2) is 28.9 Å². The Labute approximate surface area is 108 Å². The SMILES string of the molecule is CC1OCCC1C(O)C1CCCc2cccnc21. The average Bonchev–Trinajstić information content (AvgIpc) is 2.83. The van der Waals surface area contributed by atoms with E-state index >= 15 is 0 Å². The molecular weight excluding hydrogens is 226 g/mol. The molecule has 0 radical (unpaired) electrons. The Morgan fingerprint density at radius 3 is 3.11 bits per heavy atom. The normalized spacial score (nSPS) is 33.1. The Bertz CT molecular complexity index is 421. The Morgan fingerprint density at radius 2 is 2.33 bits per heavy atom. The van der Waals surface area contributed by atoms with E-state index < -0.39 is 0 Å². The van der Waals surface area contributed by atoms with Crippen molar-refractivity contribution in [2.24, 2.45) is 5.92 Å². The highest BCUT2D eigenvalue weighted by Gasteiger charge is 2.38. The van der Waals surface area contributed by atoms with Crippen molar-refractivity contribution in [3.05, 3.63) is 29.6 Å². The van der Waals surface area contributed by atoms with Crippen molar-refractivity contribution in [3.8, 4) is 0 Å². The maximum Gasteiger partial charge on any atom is 0.0677 e. The summed E-state index contributed by atoms with van der Waals surface area (Å²) in [5, 5.41) is 10.7. The van der Waals surface area contributed by atoms with Crippen LogP contribution in [0.15, 0.2) is 18.3 Å². The summed E-state index contributed by atoms with van der Waals surface area (Å²) < 4.78 is 5.58. The predicted octanol–water partition coefficient (Wildman–Crippen LogP) is 2.29. The van der Waals surface area contributed by atoms with Gasteiger partial charge in [0.2, 0.25) is 0 Å². The number of aryl methyl sites for hydroxylation is 1. The van der Waals surface area contributed by atoms with Crippen molar-refractivity contribution in [1.82, 2.24) is 4.98 Å². The fraction of sp³-hybridized carbons (Fsp3) is 0.667. The van der Waals surface area contributed by atoms with Gasteiger partial charge in [0.15, 0.2) is 0 Å². The van der Waals surface area contributed by atoms with Gasteiger partial charge in [-0.05, 0) is 44.2 Å². The van der Waals surface area contributed by atoms with Crippen LogP contribution in [0, 0.1) is 5.92 Å². The van der Waals surface area contributed by atoms with Crippen molar-refractivity contribution < 1.29 is 9.84 Å². The summed E-state index contributed by atoms with van der Waals surface area (Å²) >= 11 is 0. The van der Waals surface area contributed by atoms with Gasteiger partial charge in [-0.3, -0.25) is 4.98 Å². The van der Waals surface area contributed by atoms with Crippen molar-refractivity contribution in [2.75, 3.05) is 6.61 Å². The smallest absolute Gasteiger partial charge is 0.0677 e. The van der Waals surface area contributed by atoms with Gasteiger partial charge in [0.1, 0.15) is 0 Å². The zero-order valence-corrected chi connectivity index (χ0v) is 10.9. The monoisotopic (exact) mass is 247 g/mol. The van der Waals surface area contributed by atoms with E-state index in [1.54, 1.807) is 0 Å². The molecule has 0 saturated carbocycles. The second-order valence-electron chi connectivity index (χ2n) is 5.57. The molecule has 1 aliphatic carbocycles. The van der Waals surface area contributed by atoms with Crippen LogP contribution in [-0.2, 0) is 11.2 Å². The minimum atomic E-state index is -0.309. The first-order chi connectivity index (χ1) is 8.77. The second kappa shape index (κ2) is 4.98. The van der Waals surface area contributed by atoms with Crippen LogP contribution in [0.25, 0.3) is 0 Å². The van der Waals surface area contributed by atoms with Gasteiger partial charge in [-0.1, -0.05) is 6.07 Å². The molecule has 1 aromatic heterocycles. The van der Waals surface area contributed by atoms with Gasteiger partial charge in [0, 0.05) is 30.3 Å². The molecule has 1 N–H and O–H groups in total. The maximum absolute atomic E-state index is 10.7. The van der Waals surface area contributed by atoms with E-state index in [-0.39, 0.29) is 24.0 Å². The fourth-order valence-corrected chi connectivity index (χ4v) is 3.47. The molecule has 2 heterocycles. The number of rotatable bonds is 2. The molecule has 3 nitrogen and oxygen atoms in total. The summed E-state index contributed by atoms with van der Waals surface area (Å²) in [5.41, 5.74) is 2.44. The minimum Gasteiger partial charge on any atom is -0.392 e. The quantitative estimate of drug-likeness (QED) is 0.872. The van der Waals surface area contributed by atoms with E-state index in [9.17, 15) is 5.11 Å². The lowest BCUT2D eigenvalue weighted by atomic mass is 9.77. The van der Waals surface area contributed by atoms with Crippen molar-refractivity contribution in [2.45, 2.75) is 50.7 Å². The number of aromatic nitrogens is 1. The summed E-state index contributed by atoms with van der Waals surface area (Å²) in [6, 6.07) is 4.14. The molecule has 1 saturated heterocycles. The van der Waals surface area contributed by atoms with Crippen LogP contribution >= 0.6 is 0 Å². The highest BCUT2D eigenvalue weighted by molar-refractivity contribution is 5.27. The van der Waals surface area contributed by atoms with Crippen LogP contribution in [0.4, 0.5) is 0 Å². The van der Waals surface area contributed by atoms with Crippen LogP contribution in [0.2, 0.25) is 0 Å². The second-order valence-corrected chi connectivity index (χ2v) is 5.57. The van der Waals surface area contributed by atoms with E-state index in [0.717, 1.165) is 38.0 Å². The van der Waals surface area contributed by atoms with Crippen LogP contribution < -0.4 is 0 Å². The Hall–Kier alpha value is -0.930. The van der Waals surface area contributed by atoms with Gasteiger partial charge in [-0.15, -0.1) is 0 Å². The summed E-state index contributed by atoms with van der Waals surface area (Å²) in [6.45, 7) is 2.85. The predicted molar refractivity (Wildman–Crippen MR) is 69.4 cm³/mol. The van der Waals surface area contributed by atoms with E-state index in [4.69, 9.17) is 4.74 Å². The molecule has 0 aromatic carbocycles. The number of aliphatic hydroxyl groups excluding tert-OH is 1. The standard InChI is InChI=1S/C15H21NO2/c1-10-12(7-9-18-10)15(17)13-6-2-4-11-5-3-8-16-14(11)13/h3,5,8,10,12-13,15,17H,2,4,6-7,9H2,1H3. The van der Waals surface area contributed by atoms with Crippen LogP contribution in [0.1, 0.15) is 43.4 Å². The first-order valence-electron chi connectivity index (χ1n) is 7.01. The number of aliphatic hydroxyl groups is 1. The van der Waals surface area contributed by atoms with E-state index in [1.165, 1.54) is 5.56 Å². The van der Waals surface area contributed by atoms with Gasteiger partial charge in [0.25, 0.3) is 0 Å². The Kier molecular flexibility index (Phi) is 3.35. The average molecular weight is 247 g/mol. The molecular formula is C15H21NO2. The molecule has 1 aromatic rings. The molecule has 18 heavy (non-hydrogen) atoms. The highest BCUT2D eigenvalue weighted by Crippen LogP contribution is 2.38. The molecule has 0 spiro atoms. The topological polar surface area (TPSA) is 42.4 Å². The van der Waals surface area contributed by atoms with Crippen molar-refractivity contribution in [1.29, 1.82) is 0 Å². The van der Waals surface area contributed by atoms with E-state index in [1.807, 2.05) is 12.3 Å². The lowest BCUT2D eigenvalue weighted by Gasteiger charge is -2.32. The molecule has 98 valence electrons. The fourth-order valence-electron chi connectivity index (χ4n) is 3.47. The number of hydrogen-bond donors (Lipinski definition) is 1. The van der Waals surface area contributed by atoms with Gasteiger partial charge < -0.3 is 9.84 Å². The Morgan fingerprint density at radius 1 is 1.44 bits per heavy atom. The molecule has 0 amide bonds. The molecule has 3 rings (SSSR count). The zero-order chi connectivity index (χ0) is 12.5. The number of fused-ring (bicyclic) bond motifs is 1. The largest absolute Gasteiger partial charge is 0.392 e. The van der Waals surface area contributed by atoms with Gasteiger partial charge in [-0.2, -0.15) is 0 Å². The van der Waals surface area contributed by atoms with Crippen molar-refractivity contribution >= 4 is 0 Å². The number of pyridine rings is 1. The van der Waals surface area contributed by atoms with E-state index in [0.29, 0.717) is 0 Å². The zero-order valence-electron chi connectivity index (χ0n) is 10.9. The first kappa shape index (κ1) is 12.1. The molecule has 1 fully saturated rings. The van der Waals surface area contributed by atoms with E-state index in [2.05, 4.69) is 18.0 Å². The number of ether oxygens (including phenoxy) is 1. The third-order valence-corrected chi connectivity index (χ3v) is 4.52. The highest BCUT2D eigenvalue weighted by atomic mass is 16.5.